The van der Waals surface area contributed by atoms with E-state index in [-0.39, 0.29) is 0 Å². The van der Waals surface area contributed by atoms with Gasteiger partial charge in [-0.15, -0.1) is 0 Å². The first-order valence-electron chi connectivity index (χ1n) is 6.81. The smallest absolute Gasteiger partial charge is 0.366 e. The van der Waals surface area contributed by atoms with Gasteiger partial charge in [0.25, 0.3) is 6.29 Å². The first-order valence-corrected chi connectivity index (χ1v) is 6.81. The van der Waals surface area contributed by atoms with E-state index < -0.39 is 18.0 Å². The summed E-state index contributed by atoms with van der Waals surface area (Å²) in [4.78, 5) is 22.1. The molecule has 1 spiro atoms. The van der Waals surface area contributed by atoms with Crippen LogP contribution in [0.4, 0.5) is 0 Å². The zero-order chi connectivity index (χ0) is 12.3. The zero-order valence-electron chi connectivity index (χ0n) is 10.5. The number of ether oxygens (including phenoxy) is 2. The minimum absolute atomic E-state index is 0.378. The molecule has 1 saturated heterocycles. The highest BCUT2D eigenvalue weighted by Gasteiger charge is 2.64. The molecule has 0 aromatic rings. The van der Waals surface area contributed by atoms with Crippen LogP contribution in [0.2, 0.25) is 0 Å². The lowest BCUT2D eigenvalue weighted by atomic mass is 9.53. The lowest BCUT2D eigenvalue weighted by Gasteiger charge is -2.56. The van der Waals surface area contributed by atoms with Crippen LogP contribution >= 0.6 is 0 Å². The van der Waals surface area contributed by atoms with E-state index in [9.17, 15) is 4.79 Å². The summed E-state index contributed by atoms with van der Waals surface area (Å²) in [7, 11) is 1.33. The lowest BCUT2D eigenvalue weighted by molar-refractivity contribution is -0.381. The van der Waals surface area contributed by atoms with Crippen LogP contribution < -0.4 is 0 Å². The maximum Gasteiger partial charge on any atom is 0.366 e. The van der Waals surface area contributed by atoms with Crippen molar-refractivity contribution < 1.29 is 24.0 Å². The fourth-order valence-electron chi connectivity index (χ4n) is 4.68. The molecule has 4 saturated carbocycles. The minimum atomic E-state index is -1.01. The van der Waals surface area contributed by atoms with Crippen molar-refractivity contribution in [2.45, 2.75) is 44.2 Å². The summed E-state index contributed by atoms with van der Waals surface area (Å²) in [5.74, 6) is 1.21. The Kier molecular flexibility index (Phi) is 2.29. The molecule has 5 aliphatic rings. The molecular weight excluding hydrogens is 236 g/mol. The summed E-state index contributed by atoms with van der Waals surface area (Å²) in [5.41, 5.74) is 0. The first-order chi connectivity index (χ1) is 8.71. The summed E-state index contributed by atoms with van der Waals surface area (Å²) in [6.07, 6.45) is 4.93. The number of carbonyl (C=O) groups is 1. The predicted octanol–water partition coefficient (Wildman–Crippen LogP) is 1.62. The number of methoxy groups -OCH3 is 1. The van der Waals surface area contributed by atoms with E-state index in [0.29, 0.717) is 11.8 Å². The molecule has 0 radical (unpaired) electrons. The fraction of sp³-hybridized carbons (Fsp3) is 0.923. The van der Waals surface area contributed by atoms with Gasteiger partial charge in [0.05, 0.1) is 7.11 Å². The molecule has 18 heavy (non-hydrogen) atoms. The molecule has 100 valence electrons. The molecule has 0 aromatic heterocycles. The van der Waals surface area contributed by atoms with Crippen LogP contribution in [-0.4, -0.2) is 25.2 Å². The zero-order valence-corrected chi connectivity index (χ0v) is 10.5. The molecule has 1 atom stereocenters. The fourth-order valence-corrected chi connectivity index (χ4v) is 4.68. The summed E-state index contributed by atoms with van der Waals surface area (Å²) in [6.45, 7) is 0. The van der Waals surface area contributed by atoms with Crippen molar-refractivity contribution in [2.24, 2.45) is 23.7 Å². The third kappa shape index (κ3) is 1.35. The van der Waals surface area contributed by atoms with Gasteiger partial charge in [-0.05, 0) is 43.9 Å². The van der Waals surface area contributed by atoms with Gasteiger partial charge in [0.15, 0.2) is 0 Å². The molecule has 0 amide bonds. The van der Waals surface area contributed by atoms with Gasteiger partial charge in [0, 0.05) is 11.8 Å². The van der Waals surface area contributed by atoms with Crippen molar-refractivity contribution in [1.29, 1.82) is 0 Å². The molecule has 1 heterocycles. The molecule has 4 aliphatic carbocycles. The van der Waals surface area contributed by atoms with Gasteiger partial charge in [-0.1, -0.05) is 0 Å². The van der Waals surface area contributed by atoms with Gasteiger partial charge in [0.1, 0.15) is 0 Å². The van der Waals surface area contributed by atoms with Gasteiger partial charge in [0.2, 0.25) is 5.79 Å². The molecule has 0 N–H and O–H groups in total. The van der Waals surface area contributed by atoms with E-state index in [2.05, 4.69) is 4.74 Å². The molecule has 1 aliphatic heterocycles. The molecular formula is C13H18O5. The Morgan fingerprint density at radius 3 is 2.28 bits per heavy atom. The number of esters is 1. The Morgan fingerprint density at radius 2 is 1.72 bits per heavy atom. The Labute approximate surface area is 106 Å². The molecule has 5 fully saturated rings. The average Bonchev–Trinajstić information content (AvgIpc) is 2.80. The largest absolute Gasteiger partial charge is 0.465 e. The van der Waals surface area contributed by atoms with Crippen molar-refractivity contribution in [3.05, 3.63) is 0 Å². The number of carbonyl (C=O) groups excluding carboxylic acids is 1. The Balaban J connectivity index is 1.59. The molecule has 4 bridgehead atoms. The standard InChI is InChI=1S/C13H18O5/c1-15-11(14)12-16-13(18-17-12)9-3-7-2-8(5-9)6-10(13)4-7/h7-10,12H,2-6H2,1H3. The lowest BCUT2D eigenvalue weighted by Crippen LogP contribution is -2.58. The van der Waals surface area contributed by atoms with Gasteiger partial charge >= 0.3 is 5.97 Å². The van der Waals surface area contributed by atoms with E-state index in [1.54, 1.807) is 0 Å². The van der Waals surface area contributed by atoms with Gasteiger partial charge in [-0.3, -0.25) is 0 Å². The van der Waals surface area contributed by atoms with Crippen molar-refractivity contribution in [1.82, 2.24) is 0 Å². The summed E-state index contributed by atoms with van der Waals surface area (Å²) in [5, 5.41) is 0. The van der Waals surface area contributed by atoms with Crippen LogP contribution in [0, 0.1) is 23.7 Å². The maximum absolute atomic E-state index is 11.5. The van der Waals surface area contributed by atoms with Crippen LogP contribution in [-0.2, 0) is 24.0 Å². The molecule has 0 aromatic carbocycles. The molecule has 5 rings (SSSR count). The SMILES string of the molecule is COC(=O)C1OOC2(O1)C1CC3CC(C1)CC2C3. The van der Waals surface area contributed by atoms with E-state index in [4.69, 9.17) is 14.5 Å². The molecule has 5 nitrogen and oxygen atoms in total. The topological polar surface area (TPSA) is 54.0 Å². The van der Waals surface area contributed by atoms with Crippen LogP contribution in [0.25, 0.3) is 0 Å². The van der Waals surface area contributed by atoms with Crippen LogP contribution in [0.1, 0.15) is 32.1 Å². The second-order valence-electron chi connectivity index (χ2n) is 6.18. The highest BCUT2D eigenvalue weighted by Crippen LogP contribution is 2.61. The molecule has 5 heteroatoms. The number of hydrogen-bond donors (Lipinski definition) is 0. The highest BCUT2D eigenvalue weighted by molar-refractivity contribution is 5.73. The van der Waals surface area contributed by atoms with Crippen molar-refractivity contribution in [3.63, 3.8) is 0 Å². The van der Waals surface area contributed by atoms with Crippen molar-refractivity contribution in [2.75, 3.05) is 7.11 Å². The molecule has 1 unspecified atom stereocenters. The maximum atomic E-state index is 11.5. The van der Waals surface area contributed by atoms with Crippen molar-refractivity contribution >= 4 is 5.97 Å². The van der Waals surface area contributed by atoms with Crippen LogP contribution in [0.5, 0.6) is 0 Å². The van der Waals surface area contributed by atoms with Crippen molar-refractivity contribution in [3.8, 4) is 0 Å². The van der Waals surface area contributed by atoms with Crippen LogP contribution in [0.3, 0.4) is 0 Å². The first kappa shape index (κ1) is 11.2. The van der Waals surface area contributed by atoms with E-state index in [1.807, 2.05) is 0 Å². The van der Waals surface area contributed by atoms with Crippen LogP contribution in [0.15, 0.2) is 0 Å². The predicted molar refractivity (Wildman–Crippen MR) is 58.8 cm³/mol. The summed E-state index contributed by atoms with van der Waals surface area (Å²) >= 11 is 0. The third-order valence-electron chi connectivity index (χ3n) is 5.23. The third-order valence-corrected chi connectivity index (χ3v) is 5.23. The monoisotopic (exact) mass is 254 g/mol. The van der Waals surface area contributed by atoms with E-state index >= 15 is 0 Å². The Hall–Kier alpha value is -0.650. The minimum Gasteiger partial charge on any atom is -0.465 e. The van der Waals surface area contributed by atoms with E-state index in [0.717, 1.165) is 37.5 Å². The number of hydrogen-bond acceptors (Lipinski definition) is 5. The van der Waals surface area contributed by atoms with Gasteiger partial charge in [-0.25, -0.2) is 4.79 Å². The van der Waals surface area contributed by atoms with E-state index in [1.165, 1.54) is 13.5 Å². The summed E-state index contributed by atoms with van der Waals surface area (Å²) < 4.78 is 10.5. The Morgan fingerprint density at radius 1 is 1.11 bits per heavy atom. The quantitative estimate of drug-likeness (QED) is 0.525. The Bertz CT molecular complexity index is 352. The average molecular weight is 254 g/mol. The second-order valence-corrected chi connectivity index (χ2v) is 6.18. The van der Waals surface area contributed by atoms with Gasteiger partial charge < -0.3 is 9.47 Å². The second kappa shape index (κ2) is 3.68. The normalized spacial score (nSPS) is 53.1. The number of rotatable bonds is 1. The van der Waals surface area contributed by atoms with Gasteiger partial charge in [-0.2, -0.15) is 9.78 Å². The summed E-state index contributed by atoms with van der Waals surface area (Å²) in [6, 6.07) is 0. The highest BCUT2D eigenvalue weighted by atomic mass is 17.3.